The minimum Gasteiger partial charge on any atom is -0.495 e. The van der Waals surface area contributed by atoms with Crippen LogP contribution in [-0.4, -0.2) is 56.0 Å². The largest absolute Gasteiger partial charge is 0.495 e. The molecule has 232 valence electrons. The van der Waals surface area contributed by atoms with E-state index in [-0.39, 0.29) is 17.8 Å². The first-order valence-electron chi connectivity index (χ1n) is 15.1. The summed E-state index contributed by atoms with van der Waals surface area (Å²) in [5.41, 5.74) is 5.33. The number of hydrogen-bond donors (Lipinski definition) is 2. The number of fused-ring (bicyclic) bond motifs is 3. The lowest BCUT2D eigenvalue weighted by Crippen LogP contribution is -2.31. The van der Waals surface area contributed by atoms with Gasteiger partial charge in [0.1, 0.15) is 5.75 Å². The number of methoxy groups -OCH3 is 3. The predicted molar refractivity (Wildman–Crippen MR) is 181 cm³/mol. The lowest BCUT2D eigenvalue weighted by Gasteiger charge is -2.29. The molecular formula is C36H37N3O5S. The number of aromatic amines is 1. The highest BCUT2D eigenvalue weighted by Gasteiger charge is 2.19. The molecule has 1 aliphatic rings. The van der Waals surface area contributed by atoms with Gasteiger partial charge in [-0.05, 0) is 96.4 Å². The van der Waals surface area contributed by atoms with Gasteiger partial charge in [-0.15, -0.1) is 11.8 Å². The molecular weight excluding hydrogens is 586 g/mol. The number of ether oxygens (including phenoxy) is 3. The monoisotopic (exact) mass is 623 g/mol. The van der Waals surface area contributed by atoms with Crippen LogP contribution in [0.15, 0.2) is 82.5 Å². The summed E-state index contributed by atoms with van der Waals surface area (Å²) in [6.07, 6.45) is 2.23. The van der Waals surface area contributed by atoms with E-state index in [0.29, 0.717) is 27.6 Å². The van der Waals surface area contributed by atoms with Crippen LogP contribution in [0.25, 0.3) is 21.8 Å². The Balaban J connectivity index is 1.02. The van der Waals surface area contributed by atoms with Gasteiger partial charge in [-0.2, -0.15) is 0 Å². The first-order valence-corrected chi connectivity index (χ1v) is 16.1. The first kappa shape index (κ1) is 30.6. The van der Waals surface area contributed by atoms with Crippen molar-refractivity contribution in [2.45, 2.75) is 30.7 Å². The number of amides is 1. The average molecular weight is 624 g/mol. The van der Waals surface area contributed by atoms with Crippen LogP contribution in [0, 0.1) is 0 Å². The van der Waals surface area contributed by atoms with Crippen molar-refractivity contribution in [2.75, 3.05) is 45.5 Å². The highest BCUT2D eigenvalue weighted by atomic mass is 32.2. The zero-order valence-electron chi connectivity index (χ0n) is 25.8. The summed E-state index contributed by atoms with van der Waals surface area (Å²) < 4.78 is 16.4. The van der Waals surface area contributed by atoms with Gasteiger partial charge < -0.3 is 24.5 Å². The Bertz CT molecular complexity index is 1900. The fraction of sp³-hybridized carbons (Fsp3) is 0.278. The summed E-state index contributed by atoms with van der Waals surface area (Å²) in [5, 5.41) is 4.11. The van der Waals surface area contributed by atoms with Gasteiger partial charge >= 0.3 is 0 Å². The Hall–Kier alpha value is -4.47. The molecule has 0 fully saturated rings. The van der Waals surface area contributed by atoms with Crippen molar-refractivity contribution in [3.05, 3.63) is 99.7 Å². The normalized spacial score (nSPS) is 13.0. The van der Waals surface area contributed by atoms with Crippen LogP contribution in [0.2, 0.25) is 0 Å². The average Bonchev–Trinajstić information content (AvgIpc) is 3.07. The van der Waals surface area contributed by atoms with Crippen LogP contribution in [0.4, 0.5) is 5.69 Å². The summed E-state index contributed by atoms with van der Waals surface area (Å²) in [6.45, 7) is 3.01. The fourth-order valence-electron chi connectivity index (χ4n) is 6.00. The van der Waals surface area contributed by atoms with Gasteiger partial charge in [0.05, 0.1) is 38.8 Å². The molecule has 1 amide bonds. The third-order valence-corrected chi connectivity index (χ3v) is 9.41. The lowest BCUT2D eigenvalue weighted by molar-refractivity contribution is -0.115. The molecule has 0 radical (unpaired) electrons. The van der Waals surface area contributed by atoms with Gasteiger partial charge in [-0.1, -0.05) is 18.2 Å². The molecule has 0 unspecified atom stereocenters. The number of para-hydroxylation sites is 2. The van der Waals surface area contributed by atoms with Crippen LogP contribution >= 0.6 is 11.8 Å². The van der Waals surface area contributed by atoms with Crippen molar-refractivity contribution in [3.63, 3.8) is 0 Å². The number of H-pyrrole nitrogens is 1. The Morgan fingerprint density at radius 2 is 1.56 bits per heavy atom. The first-order chi connectivity index (χ1) is 22.0. The van der Waals surface area contributed by atoms with E-state index >= 15 is 0 Å². The molecule has 9 heteroatoms. The molecule has 1 aromatic heterocycles. The molecule has 0 saturated heterocycles. The zero-order valence-corrected chi connectivity index (χ0v) is 26.6. The maximum atomic E-state index is 13.2. The maximum Gasteiger partial charge on any atom is 0.228 e. The van der Waals surface area contributed by atoms with Crippen molar-refractivity contribution >= 4 is 45.2 Å². The van der Waals surface area contributed by atoms with Crippen LogP contribution in [-0.2, 0) is 24.2 Å². The second-order valence-corrected chi connectivity index (χ2v) is 12.3. The third kappa shape index (κ3) is 6.65. The number of hydrogen-bond acceptors (Lipinski definition) is 7. The van der Waals surface area contributed by atoms with Crippen molar-refractivity contribution in [3.8, 4) is 17.2 Å². The van der Waals surface area contributed by atoms with Crippen molar-refractivity contribution in [1.29, 1.82) is 0 Å². The summed E-state index contributed by atoms with van der Waals surface area (Å²) >= 11 is 1.82. The fourth-order valence-corrected chi connectivity index (χ4v) is 6.83. The number of nitrogens with one attached hydrogen (secondary N) is 2. The second-order valence-electron chi connectivity index (χ2n) is 11.1. The van der Waals surface area contributed by atoms with Crippen LogP contribution in [0.5, 0.6) is 17.2 Å². The molecule has 4 aromatic carbocycles. The van der Waals surface area contributed by atoms with Crippen molar-refractivity contribution < 1.29 is 19.0 Å². The standard InChI is InChI=1S/C36H37N3O5S/c1-42-30-10-5-9-29-35(30)38-34-24(7-4-8-28(34)36(29)41)21-33(40)37-26-11-13-27(14-12-26)45-18-6-16-39-17-15-23-19-31(43-2)32(44-3)20-25(23)22-39/h4-5,7-14,19-20H,6,15-18,21-22H2,1-3H3,(H,37,40)(H,38,41). The minimum atomic E-state index is -0.150. The number of anilines is 1. The topological polar surface area (TPSA) is 92.9 Å². The van der Waals surface area contributed by atoms with Gasteiger partial charge in [0.15, 0.2) is 16.9 Å². The number of nitrogens with zero attached hydrogens (tertiary/aromatic N) is 1. The quantitative estimate of drug-likeness (QED) is 0.0996. The van der Waals surface area contributed by atoms with E-state index in [0.717, 1.165) is 61.0 Å². The summed E-state index contributed by atoms with van der Waals surface area (Å²) in [4.78, 5) is 33.2. The highest BCUT2D eigenvalue weighted by molar-refractivity contribution is 7.99. The molecule has 0 bridgehead atoms. The molecule has 0 aliphatic carbocycles. The van der Waals surface area contributed by atoms with E-state index in [2.05, 4.69) is 27.3 Å². The molecule has 0 saturated carbocycles. The van der Waals surface area contributed by atoms with E-state index in [1.807, 2.05) is 54.2 Å². The smallest absolute Gasteiger partial charge is 0.228 e. The Morgan fingerprint density at radius 1 is 0.867 bits per heavy atom. The Labute approximate surface area is 266 Å². The summed E-state index contributed by atoms with van der Waals surface area (Å²) in [7, 11) is 4.93. The van der Waals surface area contributed by atoms with Gasteiger partial charge in [0.2, 0.25) is 5.91 Å². The number of rotatable bonds is 11. The molecule has 0 atom stereocenters. The molecule has 8 nitrogen and oxygen atoms in total. The van der Waals surface area contributed by atoms with E-state index in [9.17, 15) is 9.59 Å². The van der Waals surface area contributed by atoms with E-state index in [1.165, 1.54) is 16.0 Å². The molecule has 5 aromatic rings. The van der Waals surface area contributed by atoms with Crippen LogP contribution in [0.3, 0.4) is 0 Å². The number of benzene rings is 4. The maximum absolute atomic E-state index is 13.2. The molecule has 2 N–H and O–H groups in total. The van der Waals surface area contributed by atoms with Crippen LogP contribution < -0.4 is 25.0 Å². The summed E-state index contributed by atoms with van der Waals surface area (Å²) in [6, 6.07) is 23.0. The van der Waals surface area contributed by atoms with Crippen molar-refractivity contribution in [2.24, 2.45) is 0 Å². The van der Waals surface area contributed by atoms with E-state index in [1.54, 1.807) is 39.5 Å². The number of pyridine rings is 1. The molecule has 0 spiro atoms. The highest BCUT2D eigenvalue weighted by Crippen LogP contribution is 2.33. The van der Waals surface area contributed by atoms with Crippen LogP contribution in [0.1, 0.15) is 23.1 Å². The second kappa shape index (κ2) is 13.7. The number of aromatic nitrogens is 1. The van der Waals surface area contributed by atoms with E-state index in [4.69, 9.17) is 14.2 Å². The molecule has 1 aliphatic heterocycles. The van der Waals surface area contributed by atoms with Gasteiger partial charge in [0, 0.05) is 34.4 Å². The molecule has 45 heavy (non-hydrogen) atoms. The van der Waals surface area contributed by atoms with Gasteiger partial charge in [-0.25, -0.2) is 0 Å². The molecule has 2 heterocycles. The predicted octanol–water partition coefficient (Wildman–Crippen LogP) is 6.43. The Morgan fingerprint density at radius 3 is 2.29 bits per heavy atom. The van der Waals surface area contributed by atoms with Gasteiger partial charge in [-0.3, -0.25) is 14.5 Å². The van der Waals surface area contributed by atoms with E-state index < -0.39 is 0 Å². The Kier molecular flexibility index (Phi) is 9.28. The number of carbonyl (C=O) groups is 1. The van der Waals surface area contributed by atoms with Crippen molar-refractivity contribution in [1.82, 2.24) is 9.88 Å². The minimum absolute atomic E-state index is 0.0871. The van der Waals surface area contributed by atoms with Gasteiger partial charge in [0.25, 0.3) is 0 Å². The zero-order chi connectivity index (χ0) is 31.3. The lowest BCUT2D eigenvalue weighted by atomic mass is 9.98. The third-order valence-electron chi connectivity index (χ3n) is 8.31. The number of thioether (sulfide) groups is 1. The number of carbonyl (C=O) groups excluding carboxylic acids is 1. The molecule has 6 rings (SSSR count). The summed E-state index contributed by atoms with van der Waals surface area (Å²) in [5.74, 6) is 3.03. The SMILES string of the molecule is COc1cc2c(cc1OC)CN(CCCSc1ccc(NC(=O)Cc3cccc4c(=O)c5cccc(OC)c5[nH]c34)cc1)CC2.